The highest BCUT2D eigenvalue weighted by molar-refractivity contribution is 9.10. The molecule has 0 spiro atoms. The zero-order valence-corrected chi connectivity index (χ0v) is 13.5. The molecular formula is C16H15BrN2O3. The lowest BCUT2D eigenvalue weighted by atomic mass is 9.88. The molecule has 6 heteroatoms. The number of halogens is 1. The summed E-state index contributed by atoms with van der Waals surface area (Å²) in [5.41, 5.74) is 7.26. The molecule has 0 aromatic heterocycles. The van der Waals surface area contributed by atoms with Crippen molar-refractivity contribution < 1.29 is 14.2 Å². The summed E-state index contributed by atoms with van der Waals surface area (Å²) in [6, 6.07) is 11.2. The van der Waals surface area contributed by atoms with E-state index in [0.717, 1.165) is 32.8 Å². The fraction of sp³-hybridized carbons (Fsp3) is 0.188. The van der Waals surface area contributed by atoms with Crippen LogP contribution in [0.25, 0.3) is 0 Å². The van der Waals surface area contributed by atoms with Crippen LogP contribution in [0.2, 0.25) is 0 Å². The molecular weight excluding hydrogens is 348 g/mol. The number of hydrogen-bond donors (Lipinski definition) is 2. The highest BCUT2D eigenvalue weighted by Gasteiger charge is 2.28. The molecule has 3 N–H and O–H groups in total. The predicted octanol–water partition coefficient (Wildman–Crippen LogP) is 3.61. The van der Waals surface area contributed by atoms with E-state index in [1.54, 1.807) is 7.11 Å². The number of nitrogens with one attached hydrogen (secondary N) is 1. The Kier molecular flexibility index (Phi) is 3.94. The van der Waals surface area contributed by atoms with E-state index in [1.807, 2.05) is 36.4 Å². The van der Waals surface area contributed by atoms with Gasteiger partial charge < -0.3 is 19.9 Å². The normalized spacial score (nSPS) is 15.3. The lowest BCUT2D eigenvalue weighted by Crippen LogP contribution is -2.21. The van der Waals surface area contributed by atoms with Crippen LogP contribution in [-0.4, -0.2) is 19.7 Å². The number of fused-ring (bicyclic) bond motifs is 2. The van der Waals surface area contributed by atoms with Gasteiger partial charge in [-0.3, -0.25) is 5.41 Å². The summed E-state index contributed by atoms with van der Waals surface area (Å²) in [6.45, 7) is 0.266. The Balaban J connectivity index is 2.08. The van der Waals surface area contributed by atoms with E-state index in [-0.39, 0.29) is 18.5 Å². The van der Waals surface area contributed by atoms with Crippen molar-refractivity contribution in [3.05, 3.63) is 52.0 Å². The minimum absolute atomic E-state index is 0.0877. The maximum absolute atomic E-state index is 7.29. The Labute approximate surface area is 136 Å². The van der Waals surface area contributed by atoms with Crippen LogP contribution in [0.3, 0.4) is 0 Å². The number of nitrogens with two attached hydrogens (primary N) is 1. The standard InChI is InChI=1S/C16H15BrN2O3/c1-20-10-3-5-15-12(7-10)13(8-21-16(18)19)11-6-9(17)2-4-14(11)22-15/h2-7,13H,8H2,1H3,(H3,18,19)/t13-/m1/s1. The number of amidine groups is 1. The van der Waals surface area contributed by atoms with Gasteiger partial charge >= 0.3 is 0 Å². The highest BCUT2D eigenvalue weighted by Crippen LogP contribution is 2.46. The molecule has 2 aromatic rings. The molecule has 1 heterocycles. The molecule has 2 aromatic carbocycles. The maximum atomic E-state index is 7.29. The van der Waals surface area contributed by atoms with Crippen molar-refractivity contribution in [3.8, 4) is 17.2 Å². The largest absolute Gasteiger partial charge is 0.497 e. The molecule has 1 atom stereocenters. The van der Waals surface area contributed by atoms with Gasteiger partial charge in [-0.15, -0.1) is 0 Å². The molecule has 114 valence electrons. The molecule has 0 amide bonds. The first-order valence-electron chi connectivity index (χ1n) is 6.70. The van der Waals surface area contributed by atoms with Gasteiger partial charge in [0, 0.05) is 15.6 Å². The second kappa shape index (κ2) is 5.88. The van der Waals surface area contributed by atoms with Crippen molar-refractivity contribution in [1.82, 2.24) is 0 Å². The average molecular weight is 363 g/mol. The Morgan fingerprint density at radius 1 is 1.23 bits per heavy atom. The van der Waals surface area contributed by atoms with Gasteiger partial charge in [0.1, 0.15) is 23.9 Å². The molecule has 0 saturated carbocycles. The van der Waals surface area contributed by atoms with Gasteiger partial charge in [0.15, 0.2) is 0 Å². The third-order valence-electron chi connectivity index (χ3n) is 3.57. The van der Waals surface area contributed by atoms with Gasteiger partial charge in [-0.05, 0) is 36.4 Å². The molecule has 0 aliphatic carbocycles. The topological polar surface area (TPSA) is 77.6 Å². The van der Waals surface area contributed by atoms with Crippen molar-refractivity contribution >= 4 is 22.0 Å². The van der Waals surface area contributed by atoms with Crippen molar-refractivity contribution in [2.45, 2.75) is 5.92 Å². The quantitative estimate of drug-likeness (QED) is 0.645. The van der Waals surface area contributed by atoms with Gasteiger partial charge in [-0.2, -0.15) is 0 Å². The molecule has 1 aliphatic heterocycles. The summed E-state index contributed by atoms with van der Waals surface area (Å²) in [5.74, 6) is 2.19. The van der Waals surface area contributed by atoms with E-state index >= 15 is 0 Å². The first-order valence-corrected chi connectivity index (χ1v) is 7.50. The van der Waals surface area contributed by atoms with Crippen LogP contribution in [0.5, 0.6) is 17.2 Å². The van der Waals surface area contributed by atoms with E-state index < -0.39 is 0 Å². The minimum Gasteiger partial charge on any atom is -0.497 e. The summed E-state index contributed by atoms with van der Waals surface area (Å²) in [4.78, 5) is 0. The van der Waals surface area contributed by atoms with Gasteiger partial charge in [0.25, 0.3) is 6.02 Å². The summed E-state index contributed by atoms with van der Waals surface area (Å²) in [7, 11) is 1.62. The van der Waals surface area contributed by atoms with Crippen molar-refractivity contribution in [1.29, 1.82) is 5.41 Å². The highest BCUT2D eigenvalue weighted by atomic mass is 79.9. The Morgan fingerprint density at radius 2 is 1.91 bits per heavy atom. The molecule has 3 rings (SSSR count). The smallest absolute Gasteiger partial charge is 0.279 e. The number of benzene rings is 2. The van der Waals surface area contributed by atoms with E-state index in [9.17, 15) is 0 Å². The summed E-state index contributed by atoms with van der Waals surface area (Å²) < 4.78 is 17.5. The van der Waals surface area contributed by atoms with Crippen molar-refractivity contribution in [2.24, 2.45) is 5.73 Å². The molecule has 0 saturated heterocycles. The Bertz CT molecular complexity index is 733. The molecule has 0 unspecified atom stereocenters. The van der Waals surface area contributed by atoms with Crippen LogP contribution in [0.4, 0.5) is 0 Å². The van der Waals surface area contributed by atoms with Crippen molar-refractivity contribution in [2.75, 3.05) is 13.7 Å². The fourth-order valence-corrected chi connectivity index (χ4v) is 2.92. The van der Waals surface area contributed by atoms with Crippen molar-refractivity contribution in [3.63, 3.8) is 0 Å². The first kappa shape index (κ1) is 14.7. The minimum atomic E-state index is -0.299. The van der Waals surface area contributed by atoms with Crippen LogP contribution in [0.15, 0.2) is 40.9 Å². The maximum Gasteiger partial charge on any atom is 0.279 e. The second-order valence-electron chi connectivity index (χ2n) is 4.92. The van der Waals surface area contributed by atoms with E-state index in [1.165, 1.54) is 0 Å². The van der Waals surface area contributed by atoms with Gasteiger partial charge in [0.05, 0.1) is 13.0 Å². The third kappa shape index (κ3) is 2.74. The van der Waals surface area contributed by atoms with Gasteiger partial charge in [0.2, 0.25) is 0 Å². The monoisotopic (exact) mass is 362 g/mol. The Hall–Kier alpha value is -2.21. The zero-order valence-electron chi connectivity index (χ0n) is 11.9. The third-order valence-corrected chi connectivity index (χ3v) is 4.06. The van der Waals surface area contributed by atoms with Gasteiger partial charge in [-0.1, -0.05) is 15.9 Å². The van der Waals surface area contributed by atoms with Crippen LogP contribution in [-0.2, 0) is 4.74 Å². The number of hydrogen-bond acceptors (Lipinski definition) is 4. The zero-order chi connectivity index (χ0) is 15.7. The fourth-order valence-electron chi connectivity index (χ4n) is 2.54. The first-order chi connectivity index (χ1) is 10.6. The number of rotatable bonds is 3. The van der Waals surface area contributed by atoms with E-state index in [2.05, 4.69) is 15.9 Å². The Morgan fingerprint density at radius 3 is 2.59 bits per heavy atom. The molecule has 5 nitrogen and oxygen atoms in total. The lowest BCUT2D eigenvalue weighted by Gasteiger charge is -2.28. The predicted molar refractivity (Wildman–Crippen MR) is 86.9 cm³/mol. The second-order valence-corrected chi connectivity index (χ2v) is 5.83. The van der Waals surface area contributed by atoms with Crippen LogP contribution < -0.4 is 15.2 Å². The molecule has 22 heavy (non-hydrogen) atoms. The van der Waals surface area contributed by atoms with E-state index in [4.69, 9.17) is 25.4 Å². The van der Waals surface area contributed by atoms with Gasteiger partial charge in [-0.25, -0.2) is 0 Å². The van der Waals surface area contributed by atoms with Crippen LogP contribution in [0, 0.1) is 5.41 Å². The van der Waals surface area contributed by atoms with Crippen LogP contribution in [0.1, 0.15) is 17.0 Å². The van der Waals surface area contributed by atoms with E-state index in [0.29, 0.717) is 0 Å². The number of ether oxygens (including phenoxy) is 3. The number of methoxy groups -OCH3 is 1. The van der Waals surface area contributed by atoms with Crippen LogP contribution >= 0.6 is 15.9 Å². The molecule has 1 aliphatic rings. The molecule has 0 radical (unpaired) electrons. The molecule has 0 fully saturated rings. The SMILES string of the molecule is COc1ccc2c(c1)[C@H](COC(=N)N)c1cc(Br)ccc1O2. The summed E-state index contributed by atoms with van der Waals surface area (Å²) in [5, 5.41) is 7.29. The summed E-state index contributed by atoms with van der Waals surface area (Å²) >= 11 is 3.48. The lowest BCUT2D eigenvalue weighted by molar-refractivity contribution is 0.274. The molecule has 0 bridgehead atoms. The summed E-state index contributed by atoms with van der Waals surface area (Å²) in [6.07, 6.45) is 0. The average Bonchev–Trinajstić information content (AvgIpc) is 2.51.